The molecule has 0 heterocycles. The lowest BCUT2D eigenvalue weighted by Crippen LogP contribution is -2.40. The van der Waals surface area contributed by atoms with Crippen molar-refractivity contribution >= 4 is 17.9 Å². The number of hydrogen-bond donors (Lipinski definition) is 0. The molecule has 0 radical (unpaired) electrons. The van der Waals surface area contributed by atoms with Gasteiger partial charge in [0.25, 0.3) is 0 Å². The molecular weight excluding hydrogens is 456 g/mol. The quantitative estimate of drug-likeness (QED) is 0.0884. The highest BCUT2D eigenvalue weighted by molar-refractivity contribution is 5.70. The Kier molecular flexibility index (Phi) is 19.4. The van der Waals surface area contributed by atoms with Gasteiger partial charge in [-0.25, -0.2) is 0 Å². The number of carbonyl (C=O) groups excluding carboxylic acids is 3. The van der Waals surface area contributed by atoms with Crippen LogP contribution in [0.1, 0.15) is 156 Å². The van der Waals surface area contributed by atoms with Crippen LogP contribution in [0.5, 0.6) is 0 Å². The van der Waals surface area contributed by atoms with Gasteiger partial charge in [-0.15, -0.1) is 0 Å². The zero-order chi connectivity index (χ0) is 26.4. The molecule has 0 atom stereocenters. The fourth-order valence-electron chi connectivity index (χ4n) is 4.81. The molecule has 0 spiro atoms. The van der Waals surface area contributed by atoms with E-state index in [0.29, 0.717) is 38.5 Å². The number of esters is 3. The van der Waals surface area contributed by atoms with Crippen molar-refractivity contribution < 1.29 is 28.6 Å². The van der Waals surface area contributed by atoms with Gasteiger partial charge in [0.2, 0.25) is 0 Å². The predicted octanol–water partition coefficient (Wildman–Crippen LogP) is 7.99. The Hall–Kier alpha value is -1.59. The minimum atomic E-state index is -0.383. The molecule has 0 aromatic heterocycles. The SMILES string of the molecule is CCCCCCCC(=O)OC1CC(OC(=O)CCCCCCC)CC(OC(=O)CCCCCCC)C1. The molecule has 210 valence electrons. The second-order valence-electron chi connectivity index (χ2n) is 10.5. The molecule has 0 aromatic rings. The van der Waals surface area contributed by atoms with Crippen molar-refractivity contribution in [2.75, 3.05) is 0 Å². The summed E-state index contributed by atoms with van der Waals surface area (Å²) in [7, 11) is 0. The van der Waals surface area contributed by atoms with Crippen molar-refractivity contribution in [3.63, 3.8) is 0 Å². The Labute approximate surface area is 220 Å². The van der Waals surface area contributed by atoms with Gasteiger partial charge in [0.05, 0.1) is 0 Å². The van der Waals surface area contributed by atoms with Crippen LogP contribution in [0.3, 0.4) is 0 Å². The third-order valence-electron chi connectivity index (χ3n) is 6.93. The van der Waals surface area contributed by atoms with Crippen molar-refractivity contribution in [2.24, 2.45) is 0 Å². The molecule has 6 heteroatoms. The van der Waals surface area contributed by atoms with Crippen LogP contribution >= 0.6 is 0 Å². The molecule has 1 fully saturated rings. The highest BCUT2D eigenvalue weighted by Gasteiger charge is 2.35. The third-order valence-corrected chi connectivity index (χ3v) is 6.93. The van der Waals surface area contributed by atoms with E-state index >= 15 is 0 Å². The fraction of sp³-hybridized carbons (Fsp3) is 0.900. The normalized spacial score (nSPS) is 19.6. The van der Waals surface area contributed by atoms with Crippen LogP contribution in [0.4, 0.5) is 0 Å². The highest BCUT2D eigenvalue weighted by Crippen LogP contribution is 2.28. The van der Waals surface area contributed by atoms with Gasteiger partial charge in [-0.3, -0.25) is 14.4 Å². The minimum Gasteiger partial charge on any atom is -0.462 e. The van der Waals surface area contributed by atoms with Crippen LogP contribution in [0.2, 0.25) is 0 Å². The van der Waals surface area contributed by atoms with Gasteiger partial charge < -0.3 is 14.2 Å². The second-order valence-corrected chi connectivity index (χ2v) is 10.5. The summed E-state index contributed by atoms with van der Waals surface area (Å²) in [6, 6.07) is 0. The Morgan fingerprint density at radius 3 is 0.944 bits per heavy atom. The average Bonchev–Trinajstić information content (AvgIpc) is 2.83. The van der Waals surface area contributed by atoms with Crippen molar-refractivity contribution in [3.8, 4) is 0 Å². The Bertz CT molecular complexity index is 503. The smallest absolute Gasteiger partial charge is 0.306 e. The lowest BCUT2D eigenvalue weighted by Gasteiger charge is -2.34. The van der Waals surface area contributed by atoms with Gasteiger partial charge in [0, 0.05) is 38.5 Å². The summed E-state index contributed by atoms with van der Waals surface area (Å²) in [5, 5.41) is 0. The van der Waals surface area contributed by atoms with E-state index in [9.17, 15) is 14.4 Å². The van der Waals surface area contributed by atoms with Crippen molar-refractivity contribution in [1.82, 2.24) is 0 Å². The lowest BCUT2D eigenvalue weighted by atomic mass is 9.92. The van der Waals surface area contributed by atoms with Gasteiger partial charge in [-0.05, 0) is 19.3 Å². The molecule has 0 N–H and O–H groups in total. The molecule has 1 rings (SSSR count). The zero-order valence-electron chi connectivity index (χ0n) is 23.5. The maximum Gasteiger partial charge on any atom is 0.306 e. The summed E-state index contributed by atoms with van der Waals surface area (Å²) in [6.07, 6.45) is 17.6. The number of carbonyl (C=O) groups is 3. The summed E-state index contributed by atoms with van der Waals surface area (Å²) in [6.45, 7) is 6.51. The monoisotopic (exact) mass is 510 g/mol. The minimum absolute atomic E-state index is 0.208. The molecule has 0 aliphatic heterocycles. The highest BCUT2D eigenvalue weighted by atomic mass is 16.6. The van der Waals surface area contributed by atoms with Crippen LogP contribution in [0, 0.1) is 0 Å². The molecule has 0 saturated heterocycles. The van der Waals surface area contributed by atoms with Crippen molar-refractivity contribution in [1.29, 1.82) is 0 Å². The largest absolute Gasteiger partial charge is 0.462 e. The zero-order valence-corrected chi connectivity index (χ0v) is 23.5. The summed E-state index contributed by atoms with van der Waals surface area (Å²) in [4.78, 5) is 37.3. The van der Waals surface area contributed by atoms with Crippen LogP contribution in [-0.4, -0.2) is 36.2 Å². The van der Waals surface area contributed by atoms with Gasteiger partial charge in [0.1, 0.15) is 18.3 Å². The third kappa shape index (κ3) is 17.0. The Morgan fingerprint density at radius 2 is 0.694 bits per heavy atom. The molecule has 6 nitrogen and oxygen atoms in total. The molecular formula is C30H54O6. The predicted molar refractivity (Wildman–Crippen MR) is 144 cm³/mol. The lowest BCUT2D eigenvalue weighted by molar-refractivity contribution is -0.169. The first kappa shape index (κ1) is 32.4. The first-order chi connectivity index (χ1) is 17.5. The van der Waals surface area contributed by atoms with Crippen LogP contribution < -0.4 is 0 Å². The van der Waals surface area contributed by atoms with E-state index in [2.05, 4.69) is 20.8 Å². The first-order valence-corrected chi connectivity index (χ1v) is 15.1. The number of hydrogen-bond acceptors (Lipinski definition) is 6. The number of rotatable bonds is 21. The number of ether oxygens (including phenoxy) is 3. The van der Waals surface area contributed by atoms with E-state index in [0.717, 1.165) is 57.8 Å². The maximum absolute atomic E-state index is 12.4. The van der Waals surface area contributed by atoms with Crippen LogP contribution in [-0.2, 0) is 28.6 Å². The van der Waals surface area contributed by atoms with Crippen LogP contribution in [0.15, 0.2) is 0 Å². The van der Waals surface area contributed by atoms with Gasteiger partial charge >= 0.3 is 17.9 Å². The molecule has 1 saturated carbocycles. The van der Waals surface area contributed by atoms with E-state index in [1.165, 1.54) is 38.5 Å². The van der Waals surface area contributed by atoms with E-state index in [1.54, 1.807) is 0 Å². The molecule has 0 aromatic carbocycles. The summed E-state index contributed by atoms with van der Waals surface area (Å²) in [5.41, 5.74) is 0. The van der Waals surface area contributed by atoms with Crippen molar-refractivity contribution in [3.05, 3.63) is 0 Å². The summed E-state index contributed by atoms with van der Waals surface area (Å²) in [5.74, 6) is -0.624. The summed E-state index contributed by atoms with van der Waals surface area (Å²) >= 11 is 0. The average molecular weight is 511 g/mol. The molecule has 0 unspecified atom stereocenters. The molecule has 36 heavy (non-hydrogen) atoms. The molecule has 0 bridgehead atoms. The van der Waals surface area contributed by atoms with E-state index in [1.807, 2.05) is 0 Å². The van der Waals surface area contributed by atoms with Crippen LogP contribution in [0.25, 0.3) is 0 Å². The molecule has 0 amide bonds. The van der Waals surface area contributed by atoms with E-state index in [-0.39, 0.29) is 36.2 Å². The van der Waals surface area contributed by atoms with Gasteiger partial charge in [-0.2, -0.15) is 0 Å². The second kappa shape index (κ2) is 21.5. The Morgan fingerprint density at radius 1 is 0.444 bits per heavy atom. The van der Waals surface area contributed by atoms with Crippen molar-refractivity contribution in [2.45, 2.75) is 174 Å². The first-order valence-electron chi connectivity index (χ1n) is 15.1. The van der Waals surface area contributed by atoms with Gasteiger partial charge in [0.15, 0.2) is 0 Å². The Balaban J connectivity index is 2.54. The van der Waals surface area contributed by atoms with Gasteiger partial charge in [-0.1, -0.05) is 97.8 Å². The standard InChI is InChI=1S/C30H54O6/c1-4-7-10-13-16-19-28(31)34-25-22-26(35-29(32)20-17-14-11-8-5-2)24-27(23-25)36-30(33)21-18-15-12-9-6-3/h25-27H,4-24H2,1-3H3. The maximum atomic E-state index is 12.4. The summed E-state index contributed by atoms with van der Waals surface area (Å²) < 4.78 is 17.3. The van der Waals surface area contributed by atoms with E-state index < -0.39 is 0 Å². The topological polar surface area (TPSA) is 78.9 Å². The fourth-order valence-corrected chi connectivity index (χ4v) is 4.81. The molecule has 1 aliphatic rings. The molecule has 1 aliphatic carbocycles. The number of unbranched alkanes of at least 4 members (excludes halogenated alkanes) is 12. The van der Waals surface area contributed by atoms with E-state index in [4.69, 9.17) is 14.2 Å².